The van der Waals surface area contributed by atoms with Crippen LogP contribution in [0.4, 0.5) is 0 Å². The average molecular weight is 501 g/mol. The molecule has 0 spiro atoms. The number of rotatable bonds is 4. The van der Waals surface area contributed by atoms with Crippen molar-refractivity contribution >= 4 is 21.5 Å². The Morgan fingerprint density at radius 3 is 1.11 bits per heavy atom. The van der Waals surface area contributed by atoms with Crippen LogP contribution in [0.1, 0.15) is 24.7 Å². The molecule has 7 aromatic rings. The van der Waals surface area contributed by atoms with Crippen molar-refractivity contribution in [3.8, 4) is 44.5 Å². The molecule has 0 fully saturated rings. The molecule has 0 bridgehead atoms. The van der Waals surface area contributed by atoms with E-state index in [1.807, 2.05) is 0 Å². The lowest BCUT2D eigenvalue weighted by atomic mass is 9.81. The van der Waals surface area contributed by atoms with Gasteiger partial charge in [-0.2, -0.15) is 0 Å². The Labute approximate surface area is 248 Å². The summed E-state index contributed by atoms with van der Waals surface area (Å²) >= 11 is 0. The first-order valence-electron chi connectivity index (χ1n) is 20.7. The van der Waals surface area contributed by atoms with E-state index in [2.05, 4.69) is 0 Å². The van der Waals surface area contributed by atoms with Gasteiger partial charge in [-0.1, -0.05) is 157 Å². The Morgan fingerprint density at radius 1 is 0.316 bits per heavy atom. The summed E-state index contributed by atoms with van der Waals surface area (Å²) in [5, 5.41) is 1.05. The molecule has 0 atom stereocenters. The molecule has 0 saturated heterocycles. The molecule has 0 aliphatic rings. The average Bonchev–Trinajstić information content (AvgIpc) is 3.19. The van der Waals surface area contributed by atoms with Gasteiger partial charge >= 0.3 is 0 Å². The molecule has 0 radical (unpaired) electrons. The van der Waals surface area contributed by atoms with Crippen LogP contribution in [0.3, 0.4) is 0 Å². The first kappa shape index (κ1) is 10.4. The van der Waals surface area contributed by atoms with Gasteiger partial charge in [-0.3, -0.25) is 0 Å². The smallest absolute Gasteiger partial charge is 0.0622 e. The van der Waals surface area contributed by atoms with Crippen LogP contribution in [0.5, 0.6) is 0 Å². The molecule has 0 aromatic heterocycles. The molecule has 0 unspecified atom stereocenters. The maximum atomic E-state index is 9.30. The molecule has 0 nitrogen and oxygen atoms in total. The third kappa shape index (κ3) is 3.70. The number of hydrogen-bond donors (Lipinski definition) is 0. The largest absolute Gasteiger partial charge is 0.0629 e. The van der Waals surface area contributed by atoms with Crippen molar-refractivity contribution in [1.29, 1.82) is 0 Å². The predicted molar refractivity (Wildman–Crippen MR) is 163 cm³/mol. The van der Waals surface area contributed by atoms with Gasteiger partial charge in [0.2, 0.25) is 0 Å². The van der Waals surface area contributed by atoms with Crippen LogP contribution in [0, 0.1) is 0 Å². The van der Waals surface area contributed by atoms with Gasteiger partial charge in [0.05, 0.1) is 24.7 Å². The second-order valence-corrected chi connectivity index (χ2v) is 8.34. The molecule has 0 aliphatic carbocycles. The third-order valence-corrected chi connectivity index (χ3v) is 6.31. The Kier molecular flexibility index (Phi) is 2.61. The Hall–Kier alpha value is -4.94. The lowest BCUT2D eigenvalue weighted by molar-refractivity contribution is 1.58. The molecule has 7 rings (SSSR count). The molecule has 38 heavy (non-hydrogen) atoms. The monoisotopic (exact) mass is 500 g/mol. The lowest BCUT2D eigenvalue weighted by Crippen LogP contribution is -1.95. The van der Waals surface area contributed by atoms with E-state index in [9.17, 15) is 2.74 Å². The van der Waals surface area contributed by atoms with Crippen LogP contribution in [0.25, 0.3) is 66.1 Å². The molecular weight excluding hydrogens is 456 g/mol. The van der Waals surface area contributed by atoms with Gasteiger partial charge in [-0.25, -0.2) is 0 Å². The van der Waals surface area contributed by atoms with Crippen molar-refractivity contribution in [3.05, 3.63) is 157 Å². The lowest BCUT2D eigenvalue weighted by Gasteiger charge is -2.22. The molecule has 0 heteroatoms. The summed E-state index contributed by atoms with van der Waals surface area (Å²) in [6, 6.07) is 0.141. The van der Waals surface area contributed by atoms with E-state index in [1.165, 1.54) is 0 Å². The predicted octanol–water partition coefficient (Wildman–Crippen LogP) is 10.7. The molecule has 0 aliphatic heterocycles. The van der Waals surface area contributed by atoms with E-state index >= 15 is 0 Å². The standard InChI is InChI=1S/C38H26/c1-4-15-27(16-5-1)30-25-14-26-31(28-17-6-2-7-18-28)37(30)38-34-23-12-10-21-32(34)36(29-19-8-3-9-20-29)33-22-11-13-24-35(33)38/h1-26H/i1D,2D,3D,4D,5D,6D,7D,8D,9D,14D,15D,16D,17D,18D,19D,20D,25D,26D. The van der Waals surface area contributed by atoms with Crippen molar-refractivity contribution < 1.29 is 24.7 Å². The first-order chi connectivity index (χ1) is 26.4. The minimum atomic E-state index is -0.818. The maximum absolute atomic E-state index is 9.30. The minimum absolute atomic E-state index is 0.0953. The van der Waals surface area contributed by atoms with Crippen LogP contribution in [0.15, 0.2) is 157 Å². The van der Waals surface area contributed by atoms with Crippen LogP contribution in [-0.4, -0.2) is 0 Å². The van der Waals surface area contributed by atoms with Gasteiger partial charge in [0.15, 0.2) is 0 Å². The van der Waals surface area contributed by atoms with E-state index in [-0.39, 0.29) is 43.8 Å². The fourth-order valence-corrected chi connectivity index (χ4v) is 4.82. The maximum Gasteiger partial charge on any atom is 0.0629 e. The van der Waals surface area contributed by atoms with Gasteiger partial charge < -0.3 is 0 Å². The quantitative estimate of drug-likeness (QED) is 0.211. The highest BCUT2D eigenvalue weighted by atomic mass is 14.2. The summed E-state index contributed by atoms with van der Waals surface area (Å²) in [6.07, 6.45) is 0. The highest BCUT2D eigenvalue weighted by molar-refractivity contribution is 6.23. The molecule has 0 saturated carbocycles. The summed E-state index contributed by atoms with van der Waals surface area (Å²) in [5.74, 6) is 0. The second-order valence-electron chi connectivity index (χ2n) is 8.34. The van der Waals surface area contributed by atoms with E-state index < -0.39 is 131 Å². The first-order valence-corrected chi connectivity index (χ1v) is 11.7. The second kappa shape index (κ2) is 9.50. The van der Waals surface area contributed by atoms with Crippen LogP contribution in [-0.2, 0) is 0 Å². The Balaban J connectivity index is 1.86. The van der Waals surface area contributed by atoms with Gasteiger partial charge in [0, 0.05) is 0 Å². The van der Waals surface area contributed by atoms with Gasteiger partial charge in [-0.15, -0.1) is 0 Å². The van der Waals surface area contributed by atoms with E-state index in [4.69, 9.17) is 21.9 Å². The Morgan fingerprint density at radius 2 is 0.684 bits per heavy atom. The number of hydrogen-bond acceptors (Lipinski definition) is 0. The highest BCUT2D eigenvalue weighted by Gasteiger charge is 2.21. The van der Waals surface area contributed by atoms with Crippen LogP contribution >= 0.6 is 0 Å². The highest BCUT2D eigenvalue weighted by Crippen LogP contribution is 2.48. The zero-order valence-corrected chi connectivity index (χ0v) is 19.6. The van der Waals surface area contributed by atoms with Gasteiger partial charge in [0.1, 0.15) is 0 Å². The SMILES string of the molecule is [2H]c1c([2H])c([2H])c(-c2c([2H])c([2H])c([2H])c(-c3c([2H])c([2H])c([2H])c([2H])c3[2H])c2-c2c3ccccc3c(-c3c([2H])c([2H])c([2H])c([2H])c3[2H])c3ccccc23)c([2H])c1[2H]. The number of fused-ring (bicyclic) bond motifs is 2. The van der Waals surface area contributed by atoms with Crippen LogP contribution in [0.2, 0.25) is 0 Å². The summed E-state index contributed by atoms with van der Waals surface area (Å²) in [7, 11) is 0. The Bertz CT molecular complexity index is 2660. The molecule has 178 valence electrons. The summed E-state index contributed by atoms with van der Waals surface area (Å²) in [4.78, 5) is 0. The number of benzene rings is 7. The summed E-state index contributed by atoms with van der Waals surface area (Å²) in [6.45, 7) is 0. The molecule has 0 amide bonds. The zero-order chi connectivity index (χ0) is 41.0. The van der Waals surface area contributed by atoms with Crippen molar-refractivity contribution in [3.63, 3.8) is 0 Å². The molecule has 0 heterocycles. The minimum Gasteiger partial charge on any atom is -0.0622 e. The van der Waals surface area contributed by atoms with E-state index in [1.54, 1.807) is 48.5 Å². The third-order valence-electron chi connectivity index (χ3n) is 6.31. The fraction of sp³-hybridized carbons (Fsp3) is 0. The van der Waals surface area contributed by atoms with Gasteiger partial charge in [-0.05, 0) is 66.1 Å². The van der Waals surface area contributed by atoms with Crippen molar-refractivity contribution in [2.45, 2.75) is 0 Å². The topological polar surface area (TPSA) is 0 Å². The van der Waals surface area contributed by atoms with E-state index in [0.717, 1.165) is 0 Å². The molecule has 0 N–H and O–H groups in total. The van der Waals surface area contributed by atoms with Crippen molar-refractivity contribution in [2.24, 2.45) is 0 Å². The summed E-state index contributed by atoms with van der Waals surface area (Å²) in [5.41, 5.74) is -2.07. The molecular formula is C38H26. The molecule has 7 aromatic carbocycles. The fourth-order valence-electron chi connectivity index (χ4n) is 4.82. The van der Waals surface area contributed by atoms with Gasteiger partial charge in [0.25, 0.3) is 0 Å². The summed E-state index contributed by atoms with van der Waals surface area (Å²) < 4.78 is 157. The van der Waals surface area contributed by atoms with E-state index in [0.29, 0.717) is 0 Å². The van der Waals surface area contributed by atoms with Crippen molar-refractivity contribution in [2.75, 3.05) is 0 Å². The van der Waals surface area contributed by atoms with Crippen LogP contribution < -0.4 is 0 Å². The zero-order valence-electron chi connectivity index (χ0n) is 37.6. The normalized spacial score (nSPS) is 17.8. The van der Waals surface area contributed by atoms with Crippen molar-refractivity contribution in [1.82, 2.24) is 0 Å².